The van der Waals surface area contributed by atoms with Gasteiger partial charge < -0.3 is 15.0 Å². The van der Waals surface area contributed by atoms with Crippen LogP contribution in [0.5, 0.6) is 0 Å². The van der Waals surface area contributed by atoms with E-state index in [0.717, 1.165) is 29.9 Å². The second kappa shape index (κ2) is 6.97. The fourth-order valence-electron chi connectivity index (χ4n) is 3.55. The van der Waals surface area contributed by atoms with E-state index in [0.29, 0.717) is 31.2 Å². The lowest BCUT2D eigenvalue weighted by molar-refractivity contribution is -0.120. The Morgan fingerprint density at radius 2 is 1.96 bits per heavy atom. The van der Waals surface area contributed by atoms with Crippen molar-refractivity contribution in [2.45, 2.75) is 13.0 Å². The van der Waals surface area contributed by atoms with Gasteiger partial charge >= 0.3 is 0 Å². The van der Waals surface area contributed by atoms with Crippen molar-refractivity contribution in [2.24, 2.45) is 0 Å². The first kappa shape index (κ1) is 16.9. The van der Waals surface area contributed by atoms with Gasteiger partial charge in [-0.2, -0.15) is 0 Å². The van der Waals surface area contributed by atoms with Crippen LogP contribution in [0.3, 0.4) is 0 Å². The molecule has 0 bridgehead atoms. The molecule has 6 nitrogen and oxygen atoms in total. The number of carbonyl (C=O) groups excluding carboxylic acids is 1. The molecule has 3 heterocycles. The second-order valence-electron chi connectivity index (χ2n) is 6.70. The van der Waals surface area contributed by atoms with Crippen LogP contribution in [0.2, 0.25) is 0 Å². The molecule has 4 rings (SSSR count). The van der Waals surface area contributed by atoms with E-state index < -0.39 is 0 Å². The number of fused-ring (bicyclic) bond motifs is 1. The first-order valence-corrected chi connectivity index (χ1v) is 8.91. The molecule has 0 saturated carbocycles. The van der Waals surface area contributed by atoms with E-state index in [4.69, 9.17) is 10.1 Å². The number of hydrogen-bond acceptors (Lipinski definition) is 5. The van der Waals surface area contributed by atoms with E-state index in [9.17, 15) is 4.79 Å². The van der Waals surface area contributed by atoms with Gasteiger partial charge in [-0.3, -0.25) is 14.7 Å². The fourth-order valence-corrected chi connectivity index (χ4v) is 3.55. The molecule has 6 heteroatoms. The average Bonchev–Trinajstić information content (AvgIpc) is 2.93. The Bertz CT molecular complexity index is 831. The smallest absolute Gasteiger partial charge is 0.241 e. The van der Waals surface area contributed by atoms with Crippen LogP contribution in [0.25, 0.3) is 11.1 Å². The number of nitrogens with one attached hydrogen (secondary N) is 1. The molecule has 1 saturated heterocycles. The molecule has 134 valence electrons. The third kappa shape index (κ3) is 3.02. The molecule has 1 atom stereocenters. The van der Waals surface area contributed by atoms with Crippen LogP contribution in [-0.4, -0.2) is 60.4 Å². The van der Waals surface area contributed by atoms with Crippen molar-refractivity contribution in [3.8, 4) is 11.1 Å². The van der Waals surface area contributed by atoms with Gasteiger partial charge in [0.15, 0.2) is 0 Å². The summed E-state index contributed by atoms with van der Waals surface area (Å²) in [6.07, 6.45) is 1.78. The molecule has 1 amide bonds. The summed E-state index contributed by atoms with van der Waals surface area (Å²) in [6.45, 7) is 5.09. The van der Waals surface area contributed by atoms with Crippen LogP contribution >= 0.6 is 0 Å². The van der Waals surface area contributed by atoms with Crippen molar-refractivity contribution < 1.29 is 9.53 Å². The predicted molar refractivity (Wildman–Crippen MR) is 101 cm³/mol. The number of carbonyl (C=O) groups is 1. The lowest BCUT2D eigenvalue weighted by Crippen LogP contribution is -2.47. The topological polar surface area (TPSA) is 69.5 Å². The number of nitrogens with zero attached hydrogens (tertiary/aromatic N) is 3. The highest BCUT2D eigenvalue weighted by atomic mass is 16.5. The molecule has 2 aliphatic rings. The Labute approximate surface area is 152 Å². The molecule has 2 aliphatic heterocycles. The summed E-state index contributed by atoms with van der Waals surface area (Å²) in [5.74, 6) is 0.00918. The minimum atomic E-state index is -0.294. The number of aromatic nitrogens is 1. The van der Waals surface area contributed by atoms with Crippen LogP contribution in [0.1, 0.15) is 12.6 Å². The Morgan fingerprint density at radius 1 is 1.23 bits per heavy atom. The van der Waals surface area contributed by atoms with Crippen molar-refractivity contribution in [3.05, 3.63) is 48.3 Å². The van der Waals surface area contributed by atoms with E-state index in [1.807, 2.05) is 43.3 Å². The highest BCUT2D eigenvalue weighted by Gasteiger charge is 2.37. The molecule has 0 aliphatic carbocycles. The van der Waals surface area contributed by atoms with E-state index in [-0.39, 0.29) is 11.9 Å². The summed E-state index contributed by atoms with van der Waals surface area (Å²) >= 11 is 0. The van der Waals surface area contributed by atoms with Crippen LogP contribution in [0, 0.1) is 5.41 Å². The average molecular weight is 350 g/mol. The van der Waals surface area contributed by atoms with Crippen LogP contribution in [0.4, 0.5) is 5.69 Å². The van der Waals surface area contributed by atoms with Crippen molar-refractivity contribution in [1.82, 2.24) is 9.88 Å². The Hall–Kier alpha value is -2.57. The minimum Gasteiger partial charge on any atom is -0.379 e. The third-order valence-electron chi connectivity index (χ3n) is 5.03. The zero-order chi connectivity index (χ0) is 18.1. The van der Waals surface area contributed by atoms with Gasteiger partial charge in [0.25, 0.3) is 0 Å². The standard InChI is InChI=1S/C20H22N4O2/c1-14-19(21)20-17(11-16(12-22-20)15-5-3-2-4-6-15)24(14)18(25)13-23-7-9-26-10-8-23/h2-6,11-12,14,21H,7-10,13H2,1H3. The number of rotatable bonds is 3. The fraction of sp³-hybridized carbons (Fsp3) is 0.350. The maximum Gasteiger partial charge on any atom is 0.241 e. The Morgan fingerprint density at radius 3 is 2.69 bits per heavy atom. The molecule has 1 unspecified atom stereocenters. The van der Waals surface area contributed by atoms with Crippen LogP contribution < -0.4 is 4.90 Å². The van der Waals surface area contributed by atoms with Crippen molar-refractivity contribution in [1.29, 1.82) is 5.41 Å². The quantitative estimate of drug-likeness (QED) is 0.921. The van der Waals surface area contributed by atoms with Crippen molar-refractivity contribution in [2.75, 3.05) is 37.7 Å². The van der Waals surface area contributed by atoms with E-state index in [1.54, 1.807) is 11.1 Å². The molecule has 26 heavy (non-hydrogen) atoms. The van der Waals surface area contributed by atoms with E-state index in [1.165, 1.54) is 0 Å². The largest absolute Gasteiger partial charge is 0.379 e. The summed E-state index contributed by atoms with van der Waals surface area (Å²) in [5.41, 5.74) is 3.74. The van der Waals surface area contributed by atoms with Crippen LogP contribution in [0.15, 0.2) is 42.6 Å². The number of morpholine rings is 1. The highest BCUT2D eigenvalue weighted by molar-refractivity contribution is 6.18. The monoisotopic (exact) mass is 350 g/mol. The molecule has 2 aromatic rings. The number of ether oxygens (including phenoxy) is 1. The molecule has 1 aromatic heterocycles. The van der Waals surface area contributed by atoms with Crippen molar-refractivity contribution >= 4 is 17.3 Å². The van der Waals surface area contributed by atoms with Crippen molar-refractivity contribution in [3.63, 3.8) is 0 Å². The van der Waals surface area contributed by atoms with E-state index in [2.05, 4.69) is 9.88 Å². The molecule has 1 aromatic carbocycles. The minimum absolute atomic E-state index is 0.00918. The number of anilines is 1. The summed E-state index contributed by atoms with van der Waals surface area (Å²) in [7, 11) is 0. The lowest BCUT2D eigenvalue weighted by Gasteiger charge is -2.29. The third-order valence-corrected chi connectivity index (χ3v) is 5.03. The van der Waals surface area contributed by atoms with Gasteiger partial charge in [0.2, 0.25) is 5.91 Å². The molecule has 0 radical (unpaired) electrons. The molecular weight excluding hydrogens is 328 g/mol. The number of benzene rings is 1. The molecule has 1 N–H and O–H groups in total. The first-order chi connectivity index (χ1) is 12.6. The Balaban J connectivity index is 1.64. The van der Waals surface area contributed by atoms with Crippen LogP contribution in [-0.2, 0) is 9.53 Å². The normalized spacial score (nSPS) is 20.3. The van der Waals surface area contributed by atoms with Gasteiger partial charge in [-0.1, -0.05) is 30.3 Å². The first-order valence-electron chi connectivity index (χ1n) is 8.91. The summed E-state index contributed by atoms with van der Waals surface area (Å²) in [4.78, 5) is 21.3. The summed E-state index contributed by atoms with van der Waals surface area (Å²) < 4.78 is 5.36. The number of amides is 1. The van der Waals surface area contributed by atoms with Gasteiger partial charge in [-0.15, -0.1) is 0 Å². The second-order valence-corrected chi connectivity index (χ2v) is 6.70. The molecule has 1 fully saturated rings. The SMILES string of the molecule is CC1C(=N)c2ncc(-c3ccccc3)cc2N1C(=O)CN1CCOCC1. The maximum absolute atomic E-state index is 13.0. The van der Waals surface area contributed by atoms with E-state index >= 15 is 0 Å². The zero-order valence-electron chi connectivity index (χ0n) is 14.8. The highest BCUT2D eigenvalue weighted by Crippen LogP contribution is 2.34. The van der Waals surface area contributed by atoms with Gasteiger partial charge in [-0.25, -0.2) is 0 Å². The predicted octanol–water partition coefficient (Wildman–Crippen LogP) is 2.18. The maximum atomic E-state index is 13.0. The molecule has 0 spiro atoms. The number of hydrogen-bond donors (Lipinski definition) is 1. The lowest BCUT2D eigenvalue weighted by atomic mass is 10.1. The van der Waals surface area contributed by atoms with Gasteiger partial charge in [-0.05, 0) is 18.6 Å². The molecular formula is C20H22N4O2. The Kier molecular flexibility index (Phi) is 4.53. The van der Waals surface area contributed by atoms with Gasteiger partial charge in [0.1, 0.15) is 5.69 Å². The zero-order valence-corrected chi connectivity index (χ0v) is 14.8. The summed E-state index contributed by atoms with van der Waals surface area (Å²) in [5, 5.41) is 8.36. The number of pyridine rings is 1. The van der Waals surface area contributed by atoms with Gasteiger partial charge in [0, 0.05) is 24.8 Å². The summed E-state index contributed by atoms with van der Waals surface area (Å²) in [6, 6.07) is 11.7. The van der Waals surface area contributed by atoms with Gasteiger partial charge in [0.05, 0.1) is 37.2 Å².